The Morgan fingerprint density at radius 1 is 1.21 bits per heavy atom. The maximum atomic E-state index is 5.64. The van der Waals surface area contributed by atoms with Gasteiger partial charge in [0.05, 0.1) is 0 Å². The van der Waals surface area contributed by atoms with Gasteiger partial charge in [-0.3, -0.25) is 4.68 Å². The Hall–Kier alpha value is -1.23. The molecule has 0 aliphatic carbocycles. The Morgan fingerprint density at radius 3 is 2.36 bits per heavy atom. The van der Waals surface area contributed by atoms with Crippen LogP contribution in [0.25, 0.3) is 0 Å². The molecule has 2 N–H and O–H groups in total. The summed E-state index contributed by atoms with van der Waals surface area (Å²) in [7, 11) is 4.08. The van der Waals surface area contributed by atoms with Crippen LogP contribution >= 0.6 is 0 Å². The molecule has 14 heavy (non-hydrogen) atoms. The van der Waals surface area contributed by atoms with E-state index in [1.54, 1.807) is 0 Å². The molecule has 0 spiro atoms. The van der Waals surface area contributed by atoms with Gasteiger partial charge in [0, 0.05) is 39.3 Å². The molecule has 0 bridgehead atoms. The SMILES string of the molecule is CN1CCN(c2cc(N)nn2C)CC1. The molecule has 1 saturated heterocycles. The van der Waals surface area contributed by atoms with Crippen molar-refractivity contribution >= 4 is 11.6 Å². The van der Waals surface area contributed by atoms with Gasteiger partial charge < -0.3 is 15.5 Å². The van der Waals surface area contributed by atoms with E-state index in [1.807, 2.05) is 17.8 Å². The van der Waals surface area contributed by atoms with Crippen LogP contribution in [-0.2, 0) is 7.05 Å². The van der Waals surface area contributed by atoms with Gasteiger partial charge in [-0.2, -0.15) is 5.10 Å². The summed E-state index contributed by atoms with van der Waals surface area (Å²) in [5.41, 5.74) is 5.64. The van der Waals surface area contributed by atoms with Crippen LogP contribution in [-0.4, -0.2) is 47.9 Å². The van der Waals surface area contributed by atoms with Gasteiger partial charge in [-0.15, -0.1) is 0 Å². The number of aryl methyl sites for hydroxylation is 1. The molecule has 2 rings (SSSR count). The lowest BCUT2D eigenvalue weighted by Crippen LogP contribution is -2.45. The zero-order valence-electron chi connectivity index (χ0n) is 8.77. The van der Waals surface area contributed by atoms with E-state index in [0.717, 1.165) is 32.0 Å². The second-order valence-electron chi connectivity index (χ2n) is 3.84. The van der Waals surface area contributed by atoms with Crippen LogP contribution in [0.1, 0.15) is 0 Å². The van der Waals surface area contributed by atoms with Gasteiger partial charge in [0.2, 0.25) is 0 Å². The Bertz CT molecular complexity index is 311. The summed E-state index contributed by atoms with van der Waals surface area (Å²) in [4.78, 5) is 4.65. The van der Waals surface area contributed by atoms with Gasteiger partial charge in [-0.1, -0.05) is 0 Å². The number of aromatic nitrogens is 2. The number of rotatable bonds is 1. The van der Waals surface area contributed by atoms with Gasteiger partial charge in [0.1, 0.15) is 11.6 Å². The van der Waals surface area contributed by atoms with Gasteiger partial charge >= 0.3 is 0 Å². The van der Waals surface area contributed by atoms with Crippen molar-refractivity contribution in [3.8, 4) is 0 Å². The van der Waals surface area contributed by atoms with Crippen LogP contribution in [0.5, 0.6) is 0 Å². The average Bonchev–Trinajstić information content (AvgIpc) is 2.47. The molecule has 1 fully saturated rings. The topological polar surface area (TPSA) is 50.3 Å². The van der Waals surface area contributed by atoms with E-state index in [1.165, 1.54) is 0 Å². The van der Waals surface area contributed by atoms with E-state index in [2.05, 4.69) is 21.9 Å². The fraction of sp³-hybridized carbons (Fsp3) is 0.667. The number of nitrogens with zero attached hydrogens (tertiary/aromatic N) is 4. The first kappa shape index (κ1) is 9.33. The summed E-state index contributed by atoms with van der Waals surface area (Å²) < 4.78 is 1.85. The van der Waals surface area contributed by atoms with Crippen molar-refractivity contribution in [2.45, 2.75) is 0 Å². The number of hydrogen-bond acceptors (Lipinski definition) is 4. The van der Waals surface area contributed by atoms with E-state index in [-0.39, 0.29) is 0 Å². The van der Waals surface area contributed by atoms with Crippen LogP contribution in [0.4, 0.5) is 11.6 Å². The highest BCUT2D eigenvalue weighted by molar-refractivity contribution is 5.48. The smallest absolute Gasteiger partial charge is 0.147 e. The van der Waals surface area contributed by atoms with Gasteiger partial charge in [0.25, 0.3) is 0 Å². The lowest BCUT2D eigenvalue weighted by atomic mass is 10.3. The summed E-state index contributed by atoms with van der Waals surface area (Å²) in [6, 6.07) is 1.94. The van der Waals surface area contributed by atoms with Crippen molar-refractivity contribution in [2.24, 2.45) is 7.05 Å². The predicted molar refractivity (Wildman–Crippen MR) is 57.3 cm³/mol. The Balaban J connectivity index is 2.11. The zero-order chi connectivity index (χ0) is 10.1. The molecule has 2 heterocycles. The Labute approximate surface area is 84.1 Å². The Morgan fingerprint density at radius 2 is 1.86 bits per heavy atom. The molecule has 78 valence electrons. The summed E-state index contributed by atoms with van der Waals surface area (Å²) in [6.07, 6.45) is 0. The van der Waals surface area contributed by atoms with Crippen LogP contribution in [0, 0.1) is 0 Å². The van der Waals surface area contributed by atoms with Crippen molar-refractivity contribution in [1.29, 1.82) is 0 Å². The van der Waals surface area contributed by atoms with Crippen molar-refractivity contribution < 1.29 is 0 Å². The molecule has 0 saturated carbocycles. The number of nitrogen functional groups attached to an aromatic ring is 1. The Kier molecular flexibility index (Phi) is 2.33. The second kappa shape index (κ2) is 3.49. The van der Waals surface area contributed by atoms with E-state index in [0.29, 0.717) is 5.82 Å². The third-order valence-corrected chi connectivity index (χ3v) is 2.70. The van der Waals surface area contributed by atoms with Crippen molar-refractivity contribution in [3.63, 3.8) is 0 Å². The predicted octanol–water partition coefficient (Wildman–Crippen LogP) is -0.246. The number of anilines is 2. The second-order valence-corrected chi connectivity index (χ2v) is 3.84. The molecule has 0 unspecified atom stereocenters. The highest BCUT2D eigenvalue weighted by Gasteiger charge is 2.17. The third kappa shape index (κ3) is 1.68. The molecule has 1 aromatic heterocycles. The number of nitrogens with two attached hydrogens (primary N) is 1. The molecule has 0 aromatic carbocycles. The number of likely N-dealkylation sites (N-methyl/N-ethyl adjacent to an activating group) is 1. The quantitative estimate of drug-likeness (QED) is 0.671. The molecule has 0 amide bonds. The molecular formula is C9H17N5. The molecule has 1 aromatic rings. The standard InChI is InChI=1S/C9H17N5/c1-12-3-5-14(6-4-12)9-7-8(10)11-13(9)2/h7H,3-6H2,1-2H3,(H2,10,11). The van der Waals surface area contributed by atoms with E-state index >= 15 is 0 Å². The number of hydrogen-bond donors (Lipinski definition) is 1. The summed E-state index contributed by atoms with van der Waals surface area (Å²) in [5, 5.41) is 4.14. The molecule has 5 heteroatoms. The van der Waals surface area contributed by atoms with Crippen LogP contribution in [0.2, 0.25) is 0 Å². The van der Waals surface area contributed by atoms with Gasteiger partial charge in [-0.05, 0) is 7.05 Å². The summed E-state index contributed by atoms with van der Waals surface area (Å²) >= 11 is 0. The molecule has 5 nitrogen and oxygen atoms in total. The maximum absolute atomic E-state index is 5.64. The zero-order valence-corrected chi connectivity index (χ0v) is 8.77. The van der Waals surface area contributed by atoms with Crippen molar-refractivity contribution in [1.82, 2.24) is 14.7 Å². The molecule has 1 aliphatic heterocycles. The van der Waals surface area contributed by atoms with Crippen LogP contribution in [0.15, 0.2) is 6.07 Å². The lowest BCUT2D eigenvalue weighted by Gasteiger charge is -2.33. The van der Waals surface area contributed by atoms with E-state index < -0.39 is 0 Å². The van der Waals surface area contributed by atoms with Gasteiger partial charge in [0.15, 0.2) is 0 Å². The molecule has 0 radical (unpaired) electrons. The van der Waals surface area contributed by atoms with Crippen molar-refractivity contribution in [2.75, 3.05) is 43.9 Å². The lowest BCUT2D eigenvalue weighted by molar-refractivity contribution is 0.311. The summed E-state index contributed by atoms with van der Waals surface area (Å²) in [6.45, 7) is 4.31. The number of piperazine rings is 1. The van der Waals surface area contributed by atoms with E-state index in [4.69, 9.17) is 5.73 Å². The monoisotopic (exact) mass is 195 g/mol. The first-order valence-electron chi connectivity index (χ1n) is 4.90. The van der Waals surface area contributed by atoms with Gasteiger partial charge in [-0.25, -0.2) is 0 Å². The minimum atomic E-state index is 0.599. The third-order valence-electron chi connectivity index (χ3n) is 2.70. The first-order chi connectivity index (χ1) is 6.66. The molecule has 0 atom stereocenters. The van der Waals surface area contributed by atoms with Crippen molar-refractivity contribution in [3.05, 3.63) is 6.07 Å². The normalized spacial score (nSPS) is 18.9. The molecular weight excluding hydrogens is 178 g/mol. The highest BCUT2D eigenvalue weighted by atomic mass is 15.4. The largest absolute Gasteiger partial charge is 0.382 e. The highest BCUT2D eigenvalue weighted by Crippen LogP contribution is 2.17. The van der Waals surface area contributed by atoms with Crippen LogP contribution < -0.4 is 10.6 Å². The minimum Gasteiger partial charge on any atom is -0.382 e. The minimum absolute atomic E-state index is 0.599. The fourth-order valence-corrected chi connectivity index (χ4v) is 1.81. The average molecular weight is 195 g/mol. The fourth-order valence-electron chi connectivity index (χ4n) is 1.81. The van der Waals surface area contributed by atoms with Crippen LogP contribution in [0.3, 0.4) is 0 Å². The first-order valence-corrected chi connectivity index (χ1v) is 4.90. The molecule has 1 aliphatic rings. The van der Waals surface area contributed by atoms with E-state index in [9.17, 15) is 0 Å². The maximum Gasteiger partial charge on any atom is 0.147 e. The summed E-state index contributed by atoms with van der Waals surface area (Å²) in [5.74, 6) is 1.72.